The normalized spacial score (nSPS) is 15.7. The highest BCUT2D eigenvalue weighted by atomic mass is 32.2. The second-order valence-corrected chi connectivity index (χ2v) is 7.92. The number of rotatable bonds is 7. The molecule has 0 radical (unpaired) electrons. The first-order valence-electron chi connectivity index (χ1n) is 9.93. The number of carbonyl (C=O) groups excluding carboxylic acids is 2. The van der Waals surface area contributed by atoms with Crippen LogP contribution in [0.1, 0.15) is 28.4 Å². The fraction of sp³-hybridized carbons (Fsp3) is 0.167. The highest BCUT2D eigenvalue weighted by molar-refractivity contribution is 8.18. The van der Waals surface area contributed by atoms with Crippen LogP contribution in [0.4, 0.5) is 0 Å². The Morgan fingerprint density at radius 1 is 1.06 bits per heavy atom. The number of carboxylic acid groups (broad SMARTS) is 1. The Morgan fingerprint density at radius 3 is 2.33 bits per heavy atom. The van der Waals surface area contributed by atoms with E-state index in [-0.39, 0.29) is 23.0 Å². The van der Waals surface area contributed by atoms with Gasteiger partial charge in [0.15, 0.2) is 6.61 Å². The van der Waals surface area contributed by atoms with Crippen molar-refractivity contribution in [1.82, 2.24) is 0 Å². The minimum Gasteiger partial charge on any atom is -0.506 e. The van der Waals surface area contributed by atoms with Crippen molar-refractivity contribution < 1.29 is 34.1 Å². The van der Waals surface area contributed by atoms with Crippen molar-refractivity contribution in [1.29, 1.82) is 0 Å². The number of carbonyl (C=O) groups is 3. The maximum atomic E-state index is 12.6. The molecule has 0 saturated heterocycles. The maximum Gasteiger partial charge on any atom is 0.344 e. The molecule has 3 rings (SSSR count). The average molecular weight is 467 g/mol. The van der Waals surface area contributed by atoms with E-state index < -0.39 is 24.5 Å². The maximum absolute atomic E-state index is 12.6. The predicted octanol–water partition coefficient (Wildman–Crippen LogP) is 4.16. The Morgan fingerprint density at radius 2 is 1.73 bits per heavy atom. The lowest BCUT2D eigenvalue weighted by molar-refractivity contribution is -0.139. The molecule has 0 saturated carbocycles. The van der Waals surface area contributed by atoms with E-state index in [1.165, 1.54) is 0 Å². The minimum atomic E-state index is -1.09. The summed E-state index contributed by atoms with van der Waals surface area (Å²) >= 11 is 0.977. The number of carboxylic acids is 1. The third kappa shape index (κ3) is 6.11. The van der Waals surface area contributed by atoms with Gasteiger partial charge in [-0.1, -0.05) is 41.6 Å². The summed E-state index contributed by atoms with van der Waals surface area (Å²) < 4.78 is 10.1. The fourth-order valence-corrected chi connectivity index (χ4v) is 3.81. The van der Waals surface area contributed by atoms with Crippen LogP contribution in [0.3, 0.4) is 0 Å². The smallest absolute Gasteiger partial charge is 0.344 e. The molecule has 1 aliphatic rings. The number of hydrogen-bond donors (Lipinski definition) is 2. The number of aliphatic imine (C=N–C) groups is 1. The van der Waals surface area contributed by atoms with Crippen molar-refractivity contribution in [3.8, 4) is 5.75 Å². The molecular weight excluding hydrogens is 446 g/mol. The van der Waals surface area contributed by atoms with E-state index in [4.69, 9.17) is 14.6 Å². The number of thioether (sulfide) groups is 1. The number of aryl methyl sites for hydroxylation is 1. The van der Waals surface area contributed by atoms with Gasteiger partial charge in [-0.25, -0.2) is 14.6 Å². The Hall–Kier alpha value is -3.85. The Kier molecular flexibility index (Phi) is 7.68. The molecule has 2 aromatic carbocycles. The van der Waals surface area contributed by atoms with Gasteiger partial charge >= 0.3 is 11.9 Å². The van der Waals surface area contributed by atoms with Crippen LogP contribution in [-0.4, -0.2) is 46.3 Å². The summed E-state index contributed by atoms with van der Waals surface area (Å²) in [5.41, 5.74) is 1.82. The molecule has 0 spiro atoms. The van der Waals surface area contributed by atoms with Gasteiger partial charge in [0.1, 0.15) is 22.1 Å². The van der Waals surface area contributed by atoms with Crippen LogP contribution in [0.25, 0.3) is 6.08 Å². The molecule has 0 fully saturated rings. The molecule has 0 aliphatic carbocycles. The number of hydrogen-bond acceptors (Lipinski definition) is 7. The molecule has 0 aromatic heterocycles. The Labute approximate surface area is 194 Å². The van der Waals surface area contributed by atoms with E-state index in [2.05, 4.69) is 4.99 Å². The van der Waals surface area contributed by atoms with Crippen LogP contribution in [-0.2, 0) is 14.3 Å². The Balaban J connectivity index is 1.90. The summed E-state index contributed by atoms with van der Waals surface area (Å²) in [6, 6.07) is 13.3. The van der Waals surface area contributed by atoms with Crippen LogP contribution < -0.4 is 4.74 Å². The van der Waals surface area contributed by atoms with Crippen molar-refractivity contribution in [3.05, 3.63) is 81.5 Å². The van der Waals surface area contributed by atoms with Gasteiger partial charge < -0.3 is 19.7 Å². The lowest BCUT2D eigenvalue weighted by Gasteiger charge is -2.03. The molecular formula is C24H21NO7S. The Bertz CT molecular complexity index is 1160. The van der Waals surface area contributed by atoms with Crippen molar-refractivity contribution in [2.45, 2.75) is 13.8 Å². The average Bonchev–Trinajstić information content (AvgIpc) is 3.08. The number of aliphatic hydroxyl groups is 1. The summed E-state index contributed by atoms with van der Waals surface area (Å²) in [5, 5.41) is 19.4. The number of benzene rings is 2. The van der Waals surface area contributed by atoms with Gasteiger partial charge in [0.25, 0.3) is 5.91 Å². The van der Waals surface area contributed by atoms with Gasteiger partial charge in [0.2, 0.25) is 0 Å². The van der Waals surface area contributed by atoms with Crippen molar-refractivity contribution in [2.24, 2.45) is 4.99 Å². The van der Waals surface area contributed by atoms with Crippen molar-refractivity contribution in [3.63, 3.8) is 0 Å². The standard InChI is InChI=1S/C24H21NO7S/c1-3-31-24(30)20-21(28)18(12-15-6-10-17(11-7-15)32-13-19(26)27)33-23(20)25-22(29)16-8-4-14(2)5-9-16/h4-12,28H,3,13H2,1-2H3,(H,26,27)/b18-12-,25-23?. The highest BCUT2D eigenvalue weighted by Crippen LogP contribution is 2.39. The minimum absolute atomic E-state index is 0.0455. The zero-order valence-electron chi connectivity index (χ0n) is 17.9. The van der Waals surface area contributed by atoms with Gasteiger partial charge in [0, 0.05) is 5.56 Å². The van der Waals surface area contributed by atoms with Crippen molar-refractivity contribution >= 4 is 40.7 Å². The zero-order chi connectivity index (χ0) is 24.0. The van der Waals surface area contributed by atoms with Gasteiger partial charge in [-0.3, -0.25) is 4.79 Å². The molecule has 0 bridgehead atoms. The van der Waals surface area contributed by atoms with Gasteiger partial charge in [-0.2, -0.15) is 0 Å². The largest absolute Gasteiger partial charge is 0.506 e. The molecule has 1 heterocycles. The first-order chi connectivity index (χ1) is 15.8. The molecule has 33 heavy (non-hydrogen) atoms. The monoisotopic (exact) mass is 467 g/mol. The number of aliphatic carboxylic acids is 1. The molecule has 8 nitrogen and oxygen atoms in total. The SMILES string of the molecule is CCOC(=O)C1=C(O)/C(=C/c2ccc(OCC(=O)O)cc2)SC1=NC(=O)c1ccc(C)cc1. The molecule has 0 atom stereocenters. The lowest BCUT2D eigenvalue weighted by Crippen LogP contribution is -2.14. The van der Waals surface area contributed by atoms with Crippen molar-refractivity contribution in [2.75, 3.05) is 13.2 Å². The molecule has 0 unspecified atom stereocenters. The second kappa shape index (κ2) is 10.6. The van der Waals surface area contributed by atoms with Crippen LogP contribution in [0, 0.1) is 6.92 Å². The summed E-state index contributed by atoms with van der Waals surface area (Å²) in [7, 11) is 0. The van der Waals surface area contributed by atoms with Gasteiger partial charge in [-0.15, -0.1) is 0 Å². The second-order valence-electron chi connectivity index (χ2n) is 6.89. The summed E-state index contributed by atoms with van der Waals surface area (Å²) in [6.45, 7) is 3.17. The first kappa shape index (κ1) is 23.8. The molecule has 9 heteroatoms. The van der Waals surface area contributed by atoms with Crippen LogP contribution in [0.2, 0.25) is 0 Å². The number of ether oxygens (including phenoxy) is 2. The molecule has 1 aliphatic heterocycles. The topological polar surface area (TPSA) is 122 Å². The quantitative estimate of drug-likeness (QED) is 0.582. The van der Waals surface area contributed by atoms with E-state index in [1.54, 1.807) is 61.5 Å². The molecule has 170 valence electrons. The zero-order valence-corrected chi connectivity index (χ0v) is 18.7. The number of esters is 1. The van der Waals surface area contributed by atoms with E-state index in [1.807, 2.05) is 6.92 Å². The van der Waals surface area contributed by atoms with Crippen LogP contribution in [0.5, 0.6) is 5.75 Å². The fourth-order valence-electron chi connectivity index (χ4n) is 2.80. The summed E-state index contributed by atoms with van der Waals surface area (Å²) in [4.78, 5) is 40.1. The van der Waals surface area contributed by atoms with Gasteiger partial charge in [-0.05, 0) is 49.8 Å². The number of amides is 1. The summed E-state index contributed by atoms with van der Waals surface area (Å²) in [6.07, 6.45) is 1.61. The molecule has 1 amide bonds. The third-order valence-electron chi connectivity index (χ3n) is 4.41. The van der Waals surface area contributed by atoms with E-state index in [9.17, 15) is 19.5 Å². The number of aliphatic hydroxyl groups excluding tert-OH is 1. The molecule has 2 aromatic rings. The van der Waals surface area contributed by atoms with E-state index in [0.717, 1.165) is 17.3 Å². The molecule has 2 N–H and O–H groups in total. The predicted molar refractivity (Wildman–Crippen MR) is 124 cm³/mol. The van der Waals surface area contributed by atoms with Crippen LogP contribution >= 0.6 is 11.8 Å². The van der Waals surface area contributed by atoms with Crippen LogP contribution in [0.15, 0.2) is 69.8 Å². The summed E-state index contributed by atoms with van der Waals surface area (Å²) in [5.74, 6) is -2.37. The first-order valence-corrected chi connectivity index (χ1v) is 10.7. The highest BCUT2D eigenvalue weighted by Gasteiger charge is 2.33. The third-order valence-corrected chi connectivity index (χ3v) is 5.43. The van der Waals surface area contributed by atoms with Gasteiger partial charge in [0.05, 0.1) is 11.5 Å². The number of nitrogens with zero attached hydrogens (tertiary/aromatic N) is 1. The lowest BCUT2D eigenvalue weighted by atomic mass is 10.1. The van der Waals surface area contributed by atoms with E-state index >= 15 is 0 Å². The van der Waals surface area contributed by atoms with E-state index in [0.29, 0.717) is 21.8 Å².